The van der Waals surface area contributed by atoms with Gasteiger partial charge < -0.3 is 19.1 Å². The average molecular weight is 404 g/mol. The van der Waals surface area contributed by atoms with E-state index in [-0.39, 0.29) is 5.91 Å². The molecule has 0 aliphatic carbocycles. The second-order valence-electron chi connectivity index (χ2n) is 6.97. The molecule has 1 aliphatic heterocycles. The second-order valence-corrected chi connectivity index (χ2v) is 6.97. The molecule has 0 radical (unpaired) electrons. The zero-order valence-electron chi connectivity index (χ0n) is 16.9. The third kappa shape index (κ3) is 4.71. The van der Waals surface area contributed by atoms with Gasteiger partial charge in [0.05, 0.1) is 0 Å². The maximum absolute atomic E-state index is 13.0. The molecule has 3 aromatic rings. The Labute approximate surface area is 176 Å². The van der Waals surface area contributed by atoms with E-state index in [9.17, 15) is 4.79 Å². The first-order chi connectivity index (χ1) is 14.7. The summed E-state index contributed by atoms with van der Waals surface area (Å²) in [6, 6.07) is 16.9. The van der Waals surface area contributed by atoms with Crippen molar-refractivity contribution in [2.45, 2.75) is 20.1 Å². The van der Waals surface area contributed by atoms with E-state index in [4.69, 9.17) is 14.2 Å². The first-order valence-electron chi connectivity index (χ1n) is 10.0. The number of carbonyl (C=O) groups excluding carboxylic acids is 1. The van der Waals surface area contributed by atoms with Gasteiger partial charge in [-0.1, -0.05) is 12.1 Å². The van der Waals surface area contributed by atoms with E-state index in [2.05, 4.69) is 4.98 Å². The van der Waals surface area contributed by atoms with Crippen LogP contribution in [0, 0.1) is 0 Å². The van der Waals surface area contributed by atoms with Gasteiger partial charge in [0, 0.05) is 36.6 Å². The smallest absolute Gasteiger partial charge is 0.254 e. The zero-order valence-corrected chi connectivity index (χ0v) is 16.9. The Morgan fingerprint density at radius 3 is 2.57 bits per heavy atom. The fourth-order valence-corrected chi connectivity index (χ4v) is 3.26. The van der Waals surface area contributed by atoms with E-state index in [1.165, 1.54) is 0 Å². The Kier molecular flexibility index (Phi) is 6.13. The Hall–Kier alpha value is -3.54. The van der Waals surface area contributed by atoms with Gasteiger partial charge in [0.25, 0.3) is 5.91 Å². The summed E-state index contributed by atoms with van der Waals surface area (Å²) in [6.45, 7) is 4.63. The maximum atomic E-state index is 13.0. The summed E-state index contributed by atoms with van der Waals surface area (Å²) in [5.74, 6) is 2.18. The Morgan fingerprint density at radius 1 is 1.03 bits per heavy atom. The summed E-state index contributed by atoms with van der Waals surface area (Å²) in [4.78, 5) is 18.9. The topological polar surface area (TPSA) is 60.9 Å². The van der Waals surface area contributed by atoms with Crippen LogP contribution in [0.4, 0.5) is 0 Å². The molecule has 6 nitrogen and oxygen atoms in total. The number of hydrogen-bond acceptors (Lipinski definition) is 5. The molecule has 1 aromatic heterocycles. The molecule has 1 amide bonds. The molecule has 2 aromatic carbocycles. The van der Waals surface area contributed by atoms with Crippen LogP contribution in [-0.4, -0.2) is 35.5 Å². The molecule has 2 heterocycles. The molecule has 0 saturated carbocycles. The Morgan fingerprint density at radius 2 is 1.83 bits per heavy atom. The first kappa shape index (κ1) is 19.8. The van der Waals surface area contributed by atoms with Crippen LogP contribution in [0.2, 0.25) is 0 Å². The van der Waals surface area contributed by atoms with Crippen LogP contribution >= 0.6 is 0 Å². The molecule has 0 N–H and O–H groups in total. The van der Waals surface area contributed by atoms with E-state index in [1.54, 1.807) is 29.4 Å². The molecular formula is C24H24N2O4. The molecule has 4 rings (SSSR count). The molecule has 0 fully saturated rings. The lowest BCUT2D eigenvalue weighted by Crippen LogP contribution is -2.30. The van der Waals surface area contributed by atoms with Crippen molar-refractivity contribution in [2.75, 3.05) is 19.8 Å². The maximum Gasteiger partial charge on any atom is 0.254 e. The first-order valence-corrected chi connectivity index (χ1v) is 10.0. The van der Waals surface area contributed by atoms with Crippen LogP contribution in [0.15, 0.2) is 67.0 Å². The van der Waals surface area contributed by atoms with Crippen LogP contribution in [0.1, 0.15) is 28.4 Å². The largest absolute Gasteiger partial charge is 0.489 e. The fraction of sp³-hybridized carbons (Fsp3) is 0.250. The quantitative estimate of drug-likeness (QED) is 0.594. The van der Waals surface area contributed by atoms with Crippen LogP contribution in [0.25, 0.3) is 0 Å². The molecule has 0 bridgehead atoms. The summed E-state index contributed by atoms with van der Waals surface area (Å²) < 4.78 is 17.0. The molecule has 1 aliphatic rings. The number of aromatic nitrogens is 1. The lowest BCUT2D eigenvalue weighted by Gasteiger charge is -2.23. The van der Waals surface area contributed by atoms with Gasteiger partial charge in [-0.15, -0.1) is 0 Å². The van der Waals surface area contributed by atoms with Gasteiger partial charge in [-0.2, -0.15) is 0 Å². The standard InChI is InChI=1S/C24H24N2O4/c1-2-26(16-18-5-10-22-23(14-18)29-13-12-28-22)24(27)20-6-8-21(9-7-20)30-17-19-4-3-11-25-15-19/h3-11,14-15H,2,12-13,16-17H2,1H3. The predicted molar refractivity (Wildman–Crippen MR) is 113 cm³/mol. The van der Waals surface area contributed by atoms with Crippen LogP contribution < -0.4 is 14.2 Å². The third-order valence-corrected chi connectivity index (χ3v) is 4.88. The van der Waals surface area contributed by atoms with Gasteiger partial charge in [0.1, 0.15) is 25.6 Å². The van der Waals surface area contributed by atoms with Crippen molar-refractivity contribution < 1.29 is 19.0 Å². The SMILES string of the molecule is CCN(Cc1ccc2c(c1)OCCO2)C(=O)c1ccc(OCc2cccnc2)cc1. The molecule has 6 heteroatoms. The summed E-state index contributed by atoms with van der Waals surface area (Å²) >= 11 is 0. The fourth-order valence-electron chi connectivity index (χ4n) is 3.26. The molecular weight excluding hydrogens is 380 g/mol. The molecule has 154 valence electrons. The van der Waals surface area contributed by atoms with E-state index < -0.39 is 0 Å². The summed E-state index contributed by atoms with van der Waals surface area (Å²) in [6.07, 6.45) is 3.50. The van der Waals surface area contributed by atoms with Crippen LogP contribution in [-0.2, 0) is 13.2 Å². The van der Waals surface area contributed by atoms with Crippen molar-refractivity contribution >= 4 is 5.91 Å². The number of fused-ring (bicyclic) bond motifs is 1. The molecule has 0 saturated heterocycles. The highest BCUT2D eigenvalue weighted by atomic mass is 16.6. The van der Waals surface area contributed by atoms with Gasteiger partial charge >= 0.3 is 0 Å². The second kappa shape index (κ2) is 9.31. The number of ether oxygens (including phenoxy) is 3. The van der Waals surface area contributed by atoms with Gasteiger partial charge in [-0.25, -0.2) is 0 Å². The van der Waals surface area contributed by atoms with Crippen molar-refractivity contribution in [3.8, 4) is 17.2 Å². The van der Waals surface area contributed by atoms with Gasteiger partial charge in [0.15, 0.2) is 11.5 Å². The number of amides is 1. The highest BCUT2D eigenvalue weighted by molar-refractivity contribution is 5.94. The van der Waals surface area contributed by atoms with Gasteiger partial charge in [-0.05, 0) is 55.0 Å². The molecule has 30 heavy (non-hydrogen) atoms. The van der Waals surface area contributed by atoms with Crippen molar-refractivity contribution in [3.05, 3.63) is 83.7 Å². The monoisotopic (exact) mass is 404 g/mol. The van der Waals surface area contributed by atoms with Gasteiger partial charge in [-0.3, -0.25) is 9.78 Å². The van der Waals surface area contributed by atoms with E-state index in [0.29, 0.717) is 44.2 Å². The minimum atomic E-state index is -0.0220. The summed E-state index contributed by atoms with van der Waals surface area (Å²) in [5, 5.41) is 0. The normalized spacial score (nSPS) is 12.3. The zero-order chi connectivity index (χ0) is 20.8. The number of nitrogens with zero attached hydrogens (tertiary/aromatic N) is 2. The highest BCUT2D eigenvalue weighted by Crippen LogP contribution is 2.31. The van der Waals surface area contributed by atoms with Crippen LogP contribution in [0.5, 0.6) is 17.2 Å². The minimum Gasteiger partial charge on any atom is -0.489 e. The van der Waals surface area contributed by atoms with Gasteiger partial charge in [0.2, 0.25) is 0 Å². The van der Waals surface area contributed by atoms with Crippen molar-refractivity contribution in [1.82, 2.24) is 9.88 Å². The average Bonchev–Trinajstić information content (AvgIpc) is 2.81. The number of benzene rings is 2. The van der Waals surface area contributed by atoms with E-state index in [1.807, 2.05) is 49.4 Å². The van der Waals surface area contributed by atoms with Crippen molar-refractivity contribution in [2.24, 2.45) is 0 Å². The number of rotatable bonds is 7. The highest BCUT2D eigenvalue weighted by Gasteiger charge is 2.17. The lowest BCUT2D eigenvalue weighted by molar-refractivity contribution is 0.0752. The summed E-state index contributed by atoms with van der Waals surface area (Å²) in [7, 11) is 0. The molecule has 0 spiro atoms. The number of carbonyl (C=O) groups is 1. The number of pyridine rings is 1. The third-order valence-electron chi connectivity index (χ3n) is 4.88. The van der Waals surface area contributed by atoms with Crippen molar-refractivity contribution in [3.63, 3.8) is 0 Å². The Bertz CT molecular complexity index is 990. The van der Waals surface area contributed by atoms with Crippen LogP contribution in [0.3, 0.4) is 0 Å². The number of hydrogen-bond donors (Lipinski definition) is 0. The predicted octanol–water partition coefficient (Wildman–Crippen LogP) is 4.09. The molecule has 0 atom stereocenters. The lowest BCUT2D eigenvalue weighted by atomic mass is 10.1. The van der Waals surface area contributed by atoms with E-state index in [0.717, 1.165) is 22.6 Å². The van der Waals surface area contributed by atoms with Crippen molar-refractivity contribution in [1.29, 1.82) is 0 Å². The minimum absolute atomic E-state index is 0.0220. The Balaban J connectivity index is 1.39. The summed E-state index contributed by atoms with van der Waals surface area (Å²) in [5.41, 5.74) is 2.63. The van der Waals surface area contributed by atoms with E-state index >= 15 is 0 Å². The molecule has 0 unspecified atom stereocenters.